The van der Waals surface area contributed by atoms with Gasteiger partial charge in [-0.2, -0.15) is 0 Å². The van der Waals surface area contributed by atoms with Gasteiger partial charge in [0, 0.05) is 32.6 Å². The third kappa shape index (κ3) is 4.38. The predicted octanol–water partition coefficient (Wildman–Crippen LogP) is 1.69. The minimum absolute atomic E-state index is 0.0753. The Balaban J connectivity index is 1.36. The van der Waals surface area contributed by atoms with Gasteiger partial charge in [0.15, 0.2) is 0 Å². The molecule has 2 saturated heterocycles. The van der Waals surface area contributed by atoms with Gasteiger partial charge in [0.1, 0.15) is 0 Å². The molecule has 3 rings (SSSR count). The monoisotopic (exact) mass is 345 g/mol. The molecule has 0 radical (unpaired) electrons. The smallest absolute Gasteiger partial charge is 0.324 e. The number of hydrogen-bond donors (Lipinski definition) is 2. The first kappa shape index (κ1) is 17.9. The minimum Gasteiger partial charge on any atom is -0.385 e. The maximum absolute atomic E-state index is 11.9. The molecule has 2 aliphatic rings. The van der Waals surface area contributed by atoms with E-state index in [1.165, 1.54) is 4.90 Å². The van der Waals surface area contributed by atoms with E-state index < -0.39 is 5.60 Å². The third-order valence-corrected chi connectivity index (χ3v) is 5.24. The summed E-state index contributed by atoms with van der Waals surface area (Å²) < 4.78 is 0. The van der Waals surface area contributed by atoms with Crippen molar-refractivity contribution in [3.63, 3.8) is 0 Å². The number of carbonyl (C=O) groups excluding carboxylic acids is 2. The minimum atomic E-state index is -0.720. The van der Waals surface area contributed by atoms with E-state index in [1.807, 2.05) is 30.3 Å². The molecule has 0 saturated carbocycles. The number of nitrogens with one attached hydrogen (secondary N) is 1. The molecule has 3 amide bonds. The molecule has 136 valence electrons. The predicted molar refractivity (Wildman–Crippen MR) is 95.0 cm³/mol. The number of imide groups is 1. The molecule has 1 aromatic carbocycles. The number of rotatable bonds is 5. The highest BCUT2D eigenvalue weighted by atomic mass is 16.3. The fourth-order valence-corrected chi connectivity index (χ4v) is 3.64. The quantitative estimate of drug-likeness (QED) is 0.797. The third-order valence-electron chi connectivity index (χ3n) is 5.24. The Morgan fingerprint density at radius 3 is 2.52 bits per heavy atom. The van der Waals surface area contributed by atoms with Gasteiger partial charge in [0.2, 0.25) is 5.91 Å². The van der Waals surface area contributed by atoms with Crippen LogP contribution in [0.25, 0.3) is 0 Å². The lowest BCUT2D eigenvalue weighted by atomic mass is 9.84. The Kier molecular flexibility index (Phi) is 5.71. The zero-order chi connectivity index (χ0) is 17.7. The van der Waals surface area contributed by atoms with Crippen molar-refractivity contribution in [1.82, 2.24) is 15.1 Å². The number of amides is 3. The Hall–Kier alpha value is -1.92. The highest BCUT2D eigenvalue weighted by molar-refractivity contribution is 5.95. The average Bonchev–Trinajstić information content (AvgIpc) is 3.07. The first-order chi connectivity index (χ1) is 12.1. The van der Waals surface area contributed by atoms with Gasteiger partial charge < -0.3 is 15.3 Å². The van der Waals surface area contributed by atoms with Gasteiger partial charge in [-0.05, 0) is 37.8 Å². The SMILES string of the molecule is O=C1CCCN1C(=O)NCCCN1CCC(O)(c2ccccc2)CC1. The lowest BCUT2D eigenvalue weighted by Gasteiger charge is -2.38. The second kappa shape index (κ2) is 7.97. The molecule has 2 aliphatic heterocycles. The number of nitrogens with zero attached hydrogens (tertiary/aromatic N) is 2. The molecule has 6 nitrogen and oxygen atoms in total. The number of benzene rings is 1. The van der Waals surface area contributed by atoms with Gasteiger partial charge in [0.05, 0.1) is 5.60 Å². The number of urea groups is 1. The van der Waals surface area contributed by atoms with E-state index in [9.17, 15) is 14.7 Å². The van der Waals surface area contributed by atoms with E-state index in [-0.39, 0.29) is 11.9 Å². The van der Waals surface area contributed by atoms with Gasteiger partial charge in [-0.1, -0.05) is 30.3 Å². The van der Waals surface area contributed by atoms with E-state index in [0.717, 1.165) is 50.9 Å². The van der Waals surface area contributed by atoms with Crippen LogP contribution in [0.5, 0.6) is 0 Å². The van der Waals surface area contributed by atoms with Crippen LogP contribution < -0.4 is 5.32 Å². The molecule has 2 heterocycles. The summed E-state index contributed by atoms with van der Waals surface area (Å²) in [6.45, 7) is 3.70. The van der Waals surface area contributed by atoms with Crippen molar-refractivity contribution in [3.05, 3.63) is 35.9 Å². The van der Waals surface area contributed by atoms with Crippen LogP contribution in [0.1, 0.15) is 37.7 Å². The second-order valence-corrected chi connectivity index (χ2v) is 6.97. The first-order valence-electron chi connectivity index (χ1n) is 9.17. The maximum atomic E-state index is 11.9. The number of carbonyl (C=O) groups is 2. The van der Waals surface area contributed by atoms with Crippen molar-refractivity contribution in [2.45, 2.75) is 37.7 Å². The number of hydrogen-bond acceptors (Lipinski definition) is 4. The molecule has 0 aliphatic carbocycles. The molecule has 0 bridgehead atoms. The van der Waals surface area contributed by atoms with Crippen molar-refractivity contribution in [1.29, 1.82) is 0 Å². The molecule has 0 aromatic heterocycles. The lowest BCUT2D eigenvalue weighted by Crippen LogP contribution is -2.44. The Morgan fingerprint density at radius 1 is 1.16 bits per heavy atom. The Labute approximate surface area is 148 Å². The van der Waals surface area contributed by atoms with E-state index >= 15 is 0 Å². The van der Waals surface area contributed by atoms with Gasteiger partial charge in [-0.25, -0.2) is 4.79 Å². The normalized spacial score (nSPS) is 20.7. The van der Waals surface area contributed by atoms with Crippen molar-refractivity contribution in [3.8, 4) is 0 Å². The Bertz CT molecular complexity index is 597. The van der Waals surface area contributed by atoms with Crippen molar-refractivity contribution < 1.29 is 14.7 Å². The number of aliphatic hydroxyl groups is 1. The summed E-state index contributed by atoms with van der Waals surface area (Å²) in [5.74, 6) is -0.0753. The van der Waals surface area contributed by atoms with Crippen LogP contribution >= 0.6 is 0 Å². The summed E-state index contributed by atoms with van der Waals surface area (Å²) in [7, 11) is 0. The van der Waals surface area contributed by atoms with Gasteiger partial charge in [0.25, 0.3) is 0 Å². The molecule has 0 unspecified atom stereocenters. The standard InChI is InChI=1S/C19H27N3O3/c23-17-8-4-13-22(17)18(24)20-11-5-12-21-14-9-19(25,10-15-21)16-6-2-1-3-7-16/h1-3,6-7,25H,4-5,8-15H2,(H,20,24). The van der Waals surface area contributed by atoms with Crippen LogP contribution in [0.15, 0.2) is 30.3 Å². The summed E-state index contributed by atoms with van der Waals surface area (Å²) in [6.07, 6.45) is 3.55. The van der Waals surface area contributed by atoms with Crippen LogP contribution in [-0.4, -0.2) is 59.6 Å². The summed E-state index contributed by atoms with van der Waals surface area (Å²) in [6, 6.07) is 9.61. The van der Waals surface area contributed by atoms with Gasteiger partial charge in [-0.15, -0.1) is 0 Å². The van der Waals surface area contributed by atoms with Crippen LogP contribution in [0.4, 0.5) is 4.79 Å². The largest absolute Gasteiger partial charge is 0.385 e. The summed E-state index contributed by atoms with van der Waals surface area (Å²) in [5, 5.41) is 13.7. The van der Waals surface area contributed by atoms with Crippen molar-refractivity contribution >= 4 is 11.9 Å². The molecule has 2 fully saturated rings. The van der Waals surface area contributed by atoms with Crippen molar-refractivity contribution in [2.75, 3.05) is 32.7 Å². The summed E-state index contributed by atoms with van der Waals surface area (Å²) >= 11 is 0. The second-order valence-electron chi connectivity index (χ2n) is 6.97. The van der Waals surface area contributed by atoms with Crippen LogP contribution in [-0.2, 0) is 10.4 Å². The highest BCUT2D eigenvalue weighted by Gasteiger charge is 2.33. The summed E-state index contributed by atoms with van der Waals surface area (Å²) in [5.41, 5.74) is 0.277. The molecule has 25 heavy (non-hydrogen) atoms. The molecule has 2 N–H and O–H groups in total. The fourth-order valence-electron chi connectivity index (χ4n) is 3.64. The van der Waals surface area contributed by atoms with E-state index in [0.29, 0.717) is 19.5 Å². The average molecular weight is 345 g/mol. The van der Waals surface area contributed by atoms with Gasteiger partial charge >= 0.3 is 6.03 Å². The van der Waals surface area contributed by atoms with Crippen LogP contribution in [0, 0.1) is 0 Å². The number of likely N-dealkylation sites (tertiary alicyclic amines) is 2. The molecule has 1 aromatic rings. The maximum Gasteiger partial charge on any atom is 0.324 e. The fraction of sp³-hybridized carbons (Fsp3) is 0.579. The topological polar surface area (TPSA) is 72.9 Å². The summed E-state index contributed by atoms with van der Waals surface area (Å²) in [4.78, 5) is 27.0. The molecular formula is C19H27N3O3. The van der Waals surface area contributed by atoms with E-state index in [4.69, 9.17) is 0 Å². The van der Waals surface area contributed by atoms with Crippen LogP contribution in [0.2, 0.25) is 0 Å². The zero-order valence-electron chi connectivity index (χ0n) is 14.6. The molecular weight excluding hydrogens is 318 g/mol. The first-order valence-corrected chi connectivity index (χ1v) is 9.17. The molecule has 0 spiro atoms. The number of piperidine rings is 1. The van der Waals surface area contributed by atoms with Gasteiger partial charge in [-0.3, -0.25) is 9.69 Å². The molecule has 0 atom stereocenters. The lowest BCUT2D eigenvalue weighted by molar-refractivity contribution is -0.125. The zero-order valence-corrected chi connectivity index (χ0v) is 14.6. The van der Waals surface area contributed by atoms with Crippen LogP contribution in [0.3, 0.4) is 0 Å². The van der Waals surface area contributed by atoms with E-state index in [1.54, 1.807) is 0 Å². The highest BCUT2D eigenvalue weighted by Crippen LogP contribution is 2.32. The van der Waals surface area contributed by atoms with E-state index in [2.05, 4.69) is 10.2 Å². The Morgan fingerprint density at radius 2 is 1.88 bits per heavy atom. The molecule has 6 heteroatoms. The van der Waals surface area contributed by atoms with Crippen molar-refractivity contribution in [2.24, 2.45) is 0 Å².